The lowest BCUT2D eigenvalue weighted by Crippen LogP contribution is -2.56. The minimum absolute atomic E-state index is 0.149. The quantitative estimate of drug-likeness (QED) is 0.797. The van der Waals surface area contributed by atoms with Crippen molar-refractivity contribution in [2.24, 2.45) is 0 Å². The van der Waals surface area contributed by atoms with Crippen LogP contribution in [-0.2, 0) is 25.7 Å². The molecule has 2 aromatic rings. The number of aliphatic hydroxyl groups is 2. The molecular weight excluding hydrogens is 344 g/mol. The number of ether oxygens (including phenoxy) is 1. The Morgan fingerprint density at radius 2 is 1.41 bits per heavy atom. The van der Waals surface area contributed by atoms with Gasteiger partial charge in [0.05, 0.1) is 0 Å². The van der Waals surface area contributed by atoms with Gasteiger partial charge in [0.25, 0.3) is 0 Å². The van der Waals surface area contributed by atoms with Crippen LogP contribution in [0.2, 0.25) is 0 Å². The Morgan fingerprint density at radius 1 is 0.815 bits per heavy atom. The molecule has 5 heteroatoms. The van der Waals surface area contributed by atoms with Crippen LogP contribution in [0.15, 0.2) is 60.7 Å². The summed E-state index contributed by atoms with van der Waals surface area (Å²) in [6.45, 7) is 0. The average molecular weight is 368 g/mol. The average Bonchev–Trinajstić information content (AvgIpc) is 3.27. The van der Waals surface area contributed by atoms with Gasteiger partial charge in [0, 0.05) is 19.3 Å². The van der Waals surface area contributed by atoms with Gasteiger partial charge < -0.3 is 14.9 Å². The van der Waals surface area contributed by atoms with E-state index in [0.29, 0.717) is 5.56 Å². The first-order valence-corrected chi connectivity index (χ1v) is 9.64. The van der Waals surface area contributed by atoms with Crippen LogP contribution in [0.4, 0.5) is 0 Å². The van der Waals surface area contributed by atoms with E-state index in [1.165, 1.54) is 0 Å². The highest BCUT2D eigenvalue weighted by Crippen LogP contribution is 2.58. The van der Waals surface area contributed by atoms with E-state index < -0.39 is 29.2 Å². The molecule has 2 aromatic carbocycles. The molecule has 1 spiro atoms. The molecule has 0 amide bonds. The molecule has 1 heterocycles. The third-order valence-corrected chi connectivity index (χ3v) is 6.35. The van der Waals surface area contributed by atoms with E-state index in [1.807, 2.05) is 60.7 Å². The Kier molecular flexibility index (Phi) is 3.93. The van der Waals surface area contributed by atoms with Crippen molar-refractivity contribution in [3.8, 4) is 0 Å². The Bertz CT molecular complexity index is 804. The monoisotopic (exact) mass is 368 g/mol. The minimum Gasteiger partial charge on any atom is -0.387 e. The largest absolute Gasteiger partial charge is 0.387 e. The summed E-state index contributed by atoms with van der Waals surface area (Å²) in [5, 5.41) is 22.8. The molecule has 5 rings (SSSR count). The standard InChI is InChI=1S/C22H24O5/c23-18-19-22(17-11-5-2-6-12-17,27-26-20(25-19)13-7-8-14-20)15-21(18,24)16-9-3-1-4-10-16/h1-6,9-12,18-19,23-24H,7-8,13-15H2/t18-,19-,21-,22-/m1/s1. The van der Waals surface area contributed by atoms with Crippen molar-refractivity contribution in [1.29, 1.82) is 0 Å². The normalized spacial score (nSPS) is 37.4. The summed E-state index contributed by atoms with van der Waals surface area (Å²) in [4.78, 5) is 11.9. The van der Waals surface area contributed by atoms with Crippen LogP contribution in [-0.4, -0.2) is 28.2 Å². The van der Waals surface area contributed by atoms with Crippen LogP contribution in [0, 0.1) is 0 Å². The van der Waals surface area contributed by atoms with Crippen LogP contribution in [0.1, 0.15) is 43.2 Å². The molecule has 3 aliphatic rings. The van der Waals surface area contributed by atoms with Crippen molar-refractivity contribution >= 4 is 0 Å². The first-order valence-electron chi connectivity index (χ1n) is 9.64. The fourth-order valence-corrected chi connectivity index (χ4v) is 4.90. The van der Waals surface area contributed by atoms with Gasteiger partial charge in [0.1, 0.15) is 17.8 Å². The second kappa shape index (κ2) is 6.12. The van der Waals surface area contributed by atoms with Gasteiger partial charge in [-0.1, -0.05) is 60.7 Å². The summed E-state index contributed by atoms with van der Waals surface area (Å²) >= 11 is 0. The zero-order chi connectivity index (χ0) is 18.5. The van der Waals surface area contributed by atoms with Crippen LogP contribution in [0.3, 0.4) is 0 Å². The molecule has 0 radical (unpaired) electrons. The van der Waals surface area contributed by atoms with E-state index in [2.05, 4.69) is 0 Å². The van der Waals surface area contributed by atoms with Crippen molar-refractivity contribution in [2.45, 2.75) is 61.3 Å². The molecule has 0 aromatic heterocycles. The van der Waals surface area contributed by atoms with Crippen molar-refractivity contribution < 1.29 is 24.7 Å². The maximum Gasteiger partial charge on any atom is 0.202 e. The summed E-state index contributed by atoms with van der Waals surface area (Å²) in [7, 11) is 0. The highest BCUT2D eigenvalue weighted by atomic mass is 17.3. The summed E-state index contributed by atoms with van der Waals surface area (Å²) in [6.07, 6.45) is 1.73. The van der Waals surface area contributed by atoms with Crippen LogP contribution in [0.25, 0.3) is 0 Å². The summed E-state index contributed by atoms with van der Waals surface area (Å²) in [5.41, 5.74) is -1.09. The Balaban J connectivity index is 1.61. The smallest absolute Gasteiger partial charge is 0.202 e. The molecular formula is C22H24O5. The molecule has 0 bridgehead atoms. The lowest BCUT2D eigenvalue weighted by Gasteiger charge is -2.46. The third-order valence-electron chi connectivity index (χ3n) is 6.35. The third kappa shape index (κ3) is 2.50. The highest BCUT2D eigenvalue weighted by molar-refractivity contribution is 5.35. The van der Waals surface area contributed by atoms with E-state index in [-0.39, 0.29) is 6.42 Å². The number of fused-ring (bicyclic) bond motifs is 1. The Morgan fingerprint density at radius 3 is 2.04 bits per heavy atom. The van der Waals surface area contributed by atoms with Gasteiger partial charge >= 0.3 is 0 Å². The van der Waals surface area contributed by atoms with Crippen LogP contribution in [0.5, 0.6) is 0 Å². The van der Waals surface area contributed by atoms with Gasteiger partial charge in [0.15, 0.2) is 5.60 Å². The van der Waals surface area contributed by atoms with Crippen LogP contribution >= 0.6 is 0 Å². The van der Waals surface area contributed by atoms with Gasteiger partial charge in [-0.15, -0.1) is 0 Å². The summed E-state index contributed by atoms with van der Waals surface area (Å²) in [5.74, 6) is -0.828. The minimum atomic E-state index is -1.49. The molecule has 27 heavy (non-hydrogen) atoms. The maximum atomic E-state index is 11.6. The predicted octanol–water partition coefficient (Wildman–Crippen LogP) is 3.15. The van der Waals surface area contributed by atoms with Crippen molar-refractivity contribution in [3.05, 3.63) is 71.8 Å². The van der Waals surface area contributed by atoms with E-state index in [1.54, 1.807) is 0 Å². The topological polar surface area (TPSA) is 68.2 Å². The molecule has 3 fully saturated rings. The predicted molar refractivity (Wildman–Crippen MR) is 97.3 cm³/mol. The number of hydrogen-bond acceptors (Lipinski definition) is 5. The fraction of sp³-hybridized carbons (Fsp3) is 0.455. The second-order valence-corrected chi connectivity index (χ2v) is 7.99. The SMILES string of the molecule is O[C@@H]1[C@H]2OC3(CCCC3)OO[C@@]2(c2ccccc2)C[C@@]1(O)c1ccccc1. The van der Waals surface area contributed by atoms with Gasteiger partial charge in [-0.05, 0) is 24.0 Å². The van der Waals surface area contributed by atoms with E-state index in [0.717, 1.165) is 31.2 Å². The van der Waals surface area contributed by atoms with Gasteiger partial charge in [0.2, 0.25) is 5.79 Å². The molecule has 1 saturated heterocycles. The first-order chi connectivity index (χ1) is 13.1. The van der Waals surface area contributed by atoms with E-state index in [4.69, 9.17) is 14.5 Å². The van der Waals surface area contributed by atoms with Crippen molar-refractivity contribution in [1.82, 2.24) is 0 Å². The zero-order valence-electron chi connectivity index (χ0n) is 15.1. The van der Waals surface area contributed by atoms with Gasteiger partial charge in [-0.25, -0.2) is 9.78 Å². The highest BCUT2D eigenvalue weighted by Gasteiger charge is 2.68. The number of hydrogen-bond donors (Lipinski definition) is 2. The van der Waals surface area contributed by atoms with E-state index >= 15 is 0 Å². The molecule has 1 aliphatic heterocycles. The molecule has 0 unspecified atom stereocenters. The Hall–Kier alpha value is -1.76. The second-order valence-electron chi connectivity index (χ2n) is 7.99. The van der Waals surface area contributed by atoms with Crippen molar-refractivity contribution in [3.63, 3.8) is 0 Å². The molecule has 4 atom stereocenters. The number of rotatable bonds is 2. The molecule has 2 saturated carbocycles. The molecule has 2 aliphatic carbocycles. The maximum absolute atomic E-state index is 11.6. The molecule has 142 valence electrons. The molecule has 5 nitrogen and oxygen atoms in total. The van der Waals surface area contributed by atoms with Crippen molar-refractivity contribution in [2.75, 3.05) is 0 Å². The number of aliphatic hydroxyl groups excluding tert-OH is 1. The Labute approximate surface area is 158 Å². The number of benzene rings is 2. The summed E-state index contributed by atoms with van der Waals surface area (Å²) in [6, 6.07) is 18.8. The fourth-order valence-electron chi connectivity index (χ4n) is 4.90. The lowest BCUT2D eigenvalue weighted by molar-refractivity contribution is -0.531. The van der Waals surface area contributed by atoms with Gasteiger partial charge in [-0.2, -0.15) is 0 Å². The zero-order valence-corrected chi connectivity index (χ0v) is 15.1. The van der Waals surface area contributed by atoms with E-state index in [9.17, 15) is 10.2 Å². The first kappa shape index (κ1) is 17.3. The lowest BCUT2D eigenvalue weighted by atomic mass is 9.86. The van der Waals surface area contributed by atoms with Crippen LogP contribution < -0.4 is 0 Å². The summed E-state index contributed by atoms with van der Waals surface area (Å²) < 4.78 is 6.39. The van der Waals surface area contributed by atoms with Gasteiger partial charge in [-0.3, -0.25) is 0 Å². The molecule has 2 N–H and O–H groups in total.